The van der Waals surface area contributed by atoms with Gasteiger partial charge in [-0.15, -0.1) is 12.4 Å². The lowest BCUT2D eigenvalue weighted by atomic mass is 10.2. The molecule has 1 atom stereocenters. The van der Waals surface area contributed by atoms with E-state index in [1.807, 2.05) is 0 Å². The number of nitrogens with one attached hydrogen (secondary N) is 2. The summed E-state index contributed by atoms with van der Waals surface area (Å²) in [5, 5.41) is 3.27. The highest BCUT2D eigenvalue weighted by Gasteiger charge is 2.19. The molecule has 1 aliphatic heterocycles. The molecule has 0 amide bonds. The van der Waals surface area contributed by atoms with E-state index in [2.05, 4.69) is 10.0 Å². The Labute approximate surface area is 160 Å². The average molecular weight is 399 g/mol. The second kappa shape index (κ2) is 9.23. The van der Waals surface area contributed by atoms with Crippen molar-refractivity contribution >= 4 is 22.4 Å². The molecule has 0 spiro atoms. The third-order valence-electron chi connectivity index (χ3n) is 4.11. The van der Waals surface area contributed by atoms with Gasteiger partial charge in [-0.3, -0.25) is 0 Å². The number of halogens is 1. The van der Waals surface area contributed by atoms with Gasteiger partial charge in [0.05, 0.1) is 12.0 Å². The lowest BCUT2D eigenvalue weighted by molar-refractivity contribution is 0.413. The molecule has 1 fully saturated rings. The van der Waals surface area contributed by atoms with Crippen molar-refractivity contribution in [2.75, 3.05) is 20.2 Å². The van der Waals surface area contributed by atoms with E-state index in [4.69, 9.17) is 9.47 Å². The second-order valence-electron chi connectivity index (χ2n) is 5.89. The molecule has 0 aliphatic carbocycles. The van der Waals surface area contributed by atoms with Gasteiger partial charge in [0.25, 0.3) is 0 Å². The maximum Gasteiger partial charge on any atom is 0.240 e. The Hall–Kier alpha value is -1.80. The predicted molar refractivity (Wildman–Crippen MR) is 103 cm³/mol. The van der Waals surface area contributed by atoms with Crippen LogP contribution < -0.4 is 19.5 Å². The van der Waals surface area contributed by atoms with E-state index in [-0.39, 0.29) is 23.3 Å². The van der Waals surface area contributed by atoms with E-state index in [1.165, 1.54) is 0 Å². The van der Waals surface area contributed by atoms with E-state index in [9.17, 15) is 8.42 Å². The van der Waals surface area contributed by atoms with Gasteiger partial charge in [-0.05, 0) is 67.9 Å². The van der Waals surface area contributed by atoms with Crippen LogP contribution in [-0.2, 0) is 10.0 Å². The molecule has 1 heterocycles. The normalized spacial score (nSPS) is 16.7. The molecule has 3 rings (SSSR count). The fourth-order valence-electron chi connectivity index (χ4n) is 2.69. The molecule has 1 unspecified atom stereocenters. The zero-order valence-corrected chi connectivity index (χ0v) is 16.1. The van der Waals surface area contributed by atoms with Crippen LogP contribution in [0.4, 0.5) is 0 Å². The third-order valence-corrected chi connectivity index (χ3v) is 5.55. The molecule has 2 aromatic rings. The van der Waals surface area contributed by atoms with E-state index >= 15 is 0 Å². The van der Waals surface area contributed by atoms with Crippen molar-refractivity contribution in [2.24, 2.45) is 0 Å². The minimum atomic E-state index is -3.51. The molecule has 0 aromatic heterocycles. The lowest BCUT2D eigenvalue weighted by Gasteiger charge is -2.12. The summed E-state index contributed by atoms with van der Waals surface area (Å²) < 4.78 is 38.1. The average Bonchev–Trinajstić information content (AvgIpc) is 3.15. The molecular formula is C18H23ClN2O4S. The van der Waals surface area contributed by atoms with Crippen molar-refractivity contribution in [2.45, 2.75) is 23.8 Å². The molecule has 0 saturated carbocycles. The SMILES string of the molecule is COc1ccc(Oc2ccc(S(=O)(=O)NCC3CCCN3)cc2)cc1.Cl. The Morgan fingerprint density at radius 2 is 1.62 bits per heavy atom. The molecule has 6 nitrogen and oxygen atoms in total. The van der Waals surface area contributed by atoms with Gasteiger partial charge in [-0.25, -0.2) is 13.1 Å². The van der Waals surface area contributed by atoms with Crippen molar-refractivity contribution in [1.82, 2.24) is 10.0 Å². The summed E-state index contributed by atoms with van der Waals surface area (Å²) in [6.45, 7) is 1.36. The van der Waals surface area contributed by atoms with Crippen molar-refractivity contribution in [1.29, 1.82) is 0 Å². The molecule has 142 valence electrons. The minimum Gasteiger partial charge on any atom is -0.497 e. The van der Waals surface area contributed by atoms with Crippen molar-refractivity contribution in [3.05, 3.63) is 48.5 Å². The van der Waals surface area contributed by atoms with E-state index < -0.39 is 10.0 Å². The number of methoxy groups -OCH3 is 1. The molecule has 8 heteroatoms. The molecule has 26 heavy (non-hydrogen) atoms. The highest BCUT2D eigenvalue weighted by Crippen LogP contribution is 2.24. The summed E-state index contributed by atoms with van der Waals surface area (Å²) in [5.41, 5.74) is 0. The van der Waals surface area contributed by atoms with Crippen LogP contribution in [0.15, 0.2) is 53.4 Å². The molecule has 1 saturated heterocycles. The summed E-state index contributed by atoms with van der Waals surface area (Å²) in [6.07, 6.45) is 2.08. The molecule has 2 N–H and O–H groups in total. The molecule has 1 aliphatic rings. The van der Waals surface area contributed by atoms with Crippen LogP contribution in [-0.4, -0.2) is 34.7 Å². The topological polar surface area (TPSA) is 76.7 Å². The first kappa shape index (κ1) is 20.5. The summed E-state index contributed by atoms with van der Waals surface area (Å²) in [4.78, 5) is 0.229. The van der Waals surface area contributed by atoms with E-state index in [0.29, 0.717) is 18.0 Å². The number of hydrogen-bond acceptors (Lipinski definition) is 5. The van der Waals surface area contributed by atoms with Gasteiger partial charge >= 0.3 is 0 Å². The van der Waals surface area contributed by atoms with Crippen molar-refractivity contribution < 1.29 is 17.9 Å². The molecule has 2 aromatic carbocycles. The lowest BCUT2D eigenvalue weighted by Crippen LogP contribution is -2.37. The second-order valence-corrected chi connectivity index (χ2v) is 7.66. The van der Waals surface area contributed by atoms with Crippen LogP contribution in [0.2, 0.25) is 0 Å². The standard InChI is InChI=1S/C18H22N2O4S.ClH/c1-23-15-4-6-16(7-5-15)24-17-8-10-18(11-9-17)25(21,22)20-13-14-3-2-12-19-14;/h4-11,14,19-20H,2-3,12-13H2,1H3;1H. The Kier molecular flexibility index (Phi) is 7.28. The first-order chi connectivity index (χ1) is 12.1. The Balaban J connectivity index is 0.00000243. The number of hydrogen-bond donors (Lipinski definition) is 2. The van der Waals surface area contributed by atoms with Gasteiger partial charge in [-0.2, -0.15) is 0 Å². The fraction of sp³-hybridized carbons (Fsp3) is 0.333. The van der Waals surface area contributed by atoms with E-state index in [1.54, 1.807) is 55.6 Å². The molecule has 0 bridgehead atoms. The maximum absolute atomic E-state index is 12.3. The van der Waals surface area contributed by atoms with E-state index in [0.717, 1.165) is 25.1 Å². The maximum atomic E-state index is 12.3. The summed E-state index contributed by atoms with van der Waals surface area (Å²) in [7, 11) is -1.91. The highest BCUT2D eigenvalue weighted by atomic mass is 35.5. The largest absolute Gasteiger partial charge is 0.497 e. The smallest absolute Gasteiger partial charge is 0.240 e. The van der Waals surface area contributed by atoms with Crippen LogP contribution in [0.25, 0.3) is 0 Å². The third kappa shape index (κ3) is 5.35. The van der Waals surface area contributed by atoms with Crippen LogP contribution in [0, 0.1) is 0 Å². The van der Waals surface area contributed by atoms with Crippen LogP contribution in [0.1, 0.15) is 12.8 Å². The number of ether oxygens (including phenoxy) is 2. The number of sulfonamides is 1. The highest BCUT2D eigenvalue weighted by molar-refractivity contribution is 7.89. The van der Waals surface area contributed by atoms with Crippen LogP contribution >= 0.6 is 12.4 Å². The monoisotopic (exact) mass is 398 g/mol. The first-order valence-electron chi connectivity index (χ1n) is 8.22. The zero-order valence-electron chi connectivity index (χ0n) is 14.5. The summed E-state index contributed by atoms with van der Waals surface area (Å²) in [6, 6.07) is 13.8. The zero-order chi connectivity index (χ0) is 17.7. The summed E-state index contributed by atoms with van der Waals surface area (Å²) in [5.74, 6) is 1.97. The van der Waals surface area contributed by atoms with Gasteiger partial charge in [0.15, 0.2) is 0 Å². The van der Waals surface area contributed by atoms with Crippen LogP contribution in [0.3, 0.4) is 0 Å². The predicted octanol–water partition coefficient (Wildman–Crippen LogP) is 2.94. The Morgan fingerprint density at radius 1 is 1.04 bits per heavy atom. The fourth-order valence-corrected chi connectivity index (χ4v) is 3.77. The minimum absolute atomic E-state index is 0. The van der Waals surface area contributed by atoms with Gasteiger partial charge in [0.2, 0.25) is 10.0 Å². The Morgan fingerprint density at radius 3 is 2.15 bits per heavy atom. The van der Waals surface area contributed by atoms with Gasteiger partial charge in [0.1, 0.15) is 17.2 Å². The quantitative estimate of drug-likeness (QED) is 0.749. The number of benzene rings is 2. The molecule has 0 radical (unpaired) electrons. The van der Waals surface area contributed by atoms with Gasteiger partial charge in [0, 0.05) is 12.6 Å². The van der Waals surface area contributed by atoms with Gasteiger partial charge in [-0.1, -0.05) is 0 Å². The number of rotatable bonds is 7. The molecular weight excluding hydrogens is 376 g/mol. The van der Waals surface area contributed by atoms with Gasteiger partial charge < -0.3 is 14.8 Å². The van der Waals surface area contributed by atoms with Crippen molar-refractivity contribution in [3.8, 4) is 17.2 Å². The Bertz CT molecular complexity index is 789. The van der Waals surface area contributed by atoms with Crippen molar-refractivity contribution in [3.63, 3.8) is 0 Å². The summed E-state index contributed by atoms with van der Waals surface area (Å²) >= 11 is 0. The van der Waals surface area contributed by atoms with Crippen LogP contribution in [0.5, 0.6) is 17.2 Å². The first-order valence-corrected chi connectivity index (χ1v) is 9.70.